The fourth-order valence-electron chi connectivity index (χ4n) is 2.35. The first kappa shape index (κ1) is 19.6. The molecule has 1 amide bonds. The zero-order valence-electron chi connectivity index (χ0n) is 13.9. The Kier molecular flexibility index (Phi) is 6.27. The molecule has 0 fully saturated rings. The number of fused-ring (bicyclic) bond motifs is 1. The number of anilines is 2. The van der Waals surface area contributed by atoms with Crippen molar-refractivity contribution in [2.24, 2.45) is 0 Å². The normalized spacial score (nSPS) is 11.0. The van der Waals surface area contributed by atoms with Gasteiger partial charge in [-0.25, -0.2) is 14.9 Å². The number of pyridine rings is 1. The molecule has 7 nitrogen and oxygen atoms in total. The van der Waals surface area contributed by atoms with E-state index in [9.17, 15) is 9.18 Å². The SMILES string of the molecule is O=C(NOCCCO)c1cn2ccnc2c(Cl)c1Nc1ccc(Br)cc1F. The van der Waals surface area contributed by atoms with Gasteiger partial charge in [0.25, 0.3) is 5.91 Å². The number of rotatable bonds is 7. The van der Waals surface area contributed by atoms with Gasteiger partial charge in [-0.05, 0) is 24.6 Å². The van der Waals surface area contributed by atoms with Crippen LogP contribution in [0.5, 0.6) is 0 Å². The maximum absolute atomic E-state index is 14.2. The predicted molar refractivity (Wildman–Crippen MR) is 103 cm³/mol. The minimum atomic E-state index is -0.578. The molecule has 0 spiro atoms. The summed E-state index contributed by atoms with van der Waals surface area (Å²) in [5, 5.41) is 11.8. The zero-order valence-corrected chi connectivity index (χ0v) is 16.2. The maximum atomic E-state index is 14.2. The van der Waals surface area contributed by atoms with Crippen LogP contribution in [0.2, 0.25) is 5.02 Å². The van der Waals surface area contributed by atoms with Crippen LogP contribution < -0.4 is 10.8 Å². The molecule has 0 aliphatic heterocycles. The van der Waals surface area contributed by atoms with E-state index in [0.717, 1.165) is 0 Å². The van der Waals surface area contributed by atoms with E-state index in [1.165, 1.54) is 24.5 Å². The van der Waals surface area contributed by atoms with E-state index in [2.05, 4.69) is 31.7 Å². The molecule has 0 saturated carbocycles. The lowest BCUT2D eigenvalue weighted by Gasteiger charge is -2.15. The third kappa shape index (κ3) is 4.38. The summed E-state index contributed by atoms with van der Waals surface area (Å²) in [6.07, 6.45) is 5.05. The topological polar surface area (TPSA) is 87.9 Å². The molecule has 2 heterocycles. The van der Waals surface area contributed by atoms with E-state index < -0.39 is 11.7 Å². The molecule has 3 rings (SSSR count). The molecule has 142 valence electrons. The number of hydrogen-bond acceptors (Lipinski definition) is 5. The van der Waals surface area contributed by atoms with Gasteiger partial charge in [0, 0.05) is 29.7 Å². The van der Waals surface area contributed by atoms with Crippen molar-refractivity contribution >= 4 is 50.5 Å². The van der Waals surface area contributed by atoms with Crippen LogP contribution in [0, 0.1) is 5.82 Å². The van der Waals surface area contributed by atoms with Gasteiger partial charge >= 0.3 is 0 Å². The van der Waals surface area contributed by atoms with Crippen molar-refractivity contribution in [1.29, 1.82) is 0 Å². The summed E-state index contributed by atoms with van der Waals surface area (Å²) >= 11 is 9.61. The van der Waals surface area contributed by atoms with Crippen LogP contribution in [-0.4, -0.2) is 33.6 Å². The number of hydroxylamine groups is 1. The molecule has 27 heavy (non-hydrogen) atoms. The third-order valence-electron chi connectivity index (χ3n) is 3.63. The van der Waals surface area contributed by atoms with Crippen molar-refractivity contribution in [1.82, 2.24) is 14.9 Å². The maximum Gasteiger partial charge on any atom is 0.278 e. The molecule has 0 aliphatic rings. The van der Waals surface area contributed by atoms with Gasteiger partial charge in [-0.2, -0.15) is 0 Å². The van der Waals surface area contributed by atoms with Gasteiger partial charge < -0.3 is 14.8 Å². The van der Waals surface area contributed by atoms with Crippen LogP contribution in [0.1, 0.15) is 16.8 Å². The number of aromatic nitrogens is 2. The Labute approximate surface area is 167 Å². The van der Waals surface area contributed by atoms with E-state index in [4.69, 9.17) is 21.5 Å². The van der Waals surface area contributed by atoms with Crippen LogP contribution >= 0.6 is 27.5 Å². The molecule has 1 aromatic carbocycles. The number of benzene rings is 1. The minimum absolute atomic E-state index is 0.0572. The molecule has 0 atom stereocenters. The molecule has 3 N–H and O–H groups in total. The average Bonchev–Trinajstić information content (AvgIpc) is 3.11. The first-order chi connectivity index (χ1) is 13.0. The number of hydrogen-bond donors (Lipinski definition) is 3. The van der Waals surface area contributed by atoms with Gasteiger partial charge in [-0.15, -0.1) is 0 Å². The van der Waals surface area contributed by atoms with Gasteiger partial charge in [0.2, 0.25) is 0 Å². The largest absolute Gasteiger partial charge is 0.396 e. The van der Waals surface area contributed by atoms with Crippen LogP contribution in [0.4, 0.5) is 15.8 Å². The lowest BCUT2D eigenvalue weighted by atomic mass is 10.2. The van der Waals surface area contributed by atoms with Crippen molar-refractivity contribution in [3.8, 4) is 0 Å². The van der Waals surface area contributed by atoms with Gasteiger partial charge in [0.05, 0.1) is 23.5 Å². The molecule has 3 aromatic rings. The highest BCUT2D eigenvalue weighted by atomic mass is 79.9. The Morgan fingerprint density at radius 2 is 2.26 bits per heavy atom. The first-order valence-electron chi connectivity index (χ1n) is 7.91. The fourth-order valence-corrected chi connectivity index (χ4v) is 2.98. The molecular formula is C17H15BrClFN4O3. The first-order valence-corrected chi connectivity index (χ1v) is 9.08. The Morgan fingerprint density at radius 3 is 3.00 bits per heavy atom. The average molecular weight is 458 g/mol. The fraction of sp³-hybridized carbons (Fsp3) is 0.176. The molecular weight excluding hydrogens is 443 g/mol. The number of halogens is 3. The third-order valence-corrected chi connectivity index (χ3v) is 4.48. The molecule has 10 heteroatoms. The molecule has 0 bridgehead atoms. The van der Waals surface area contributed by atoms with Crippen molar-refractivity contribution in [2.75, 3.05) is 18.5 Å². The summed E-state index contributed by atoms with van der Waals surface area (Å²) < 4.78 is 16.4. The summed E-state index contributed by atoms with van der Waals surface area (Å²) in [6, 6.07) is 4.47. The van der Waals surface area contributed by atoms with Crippen molar-refractivity contribution in [2.45, 2.75) is 6.42 Å². The predicted octanol–water partition coefficient (Wildman–Crippen LogP) is 3.68. The molecule has 2 aromatic heterocycles. The smallest absolute Gasteiger partial charge is 0.278 e. The van der Waals surface area contributed by atoms with Gasteiger partial charge in [0.15, 0.2) is 5.65 Å². The van der Waals surface area contributed by atoms with E-state index in [-0.39, 0.29) is 35.2 Å². The summed E-state index contributed by atoms with van der Waals surface area (Å²) in [5.41, 5.74) is 3.17. The van der Waals surface area contributed by atoms with Gasteiger partial charge in [-0.1, -0.05) is 27.5 Å². The van der Waals surface area contributed by atoms with E-state index >= 15 is 0 Å². The second kappa shape index (κ2) is 8.66. The highest BCUT2D eigenvalue weighted by Gasteiger charge is 2.20. The lowest BCUT2D eigenvalue weighted by molar-refractivity contribution is 0.0262. The number of nitrogens with zero attached hydrogens (tertiary/aromatic N) is 2. The molecule has 0 aliphatic carbocycles. The minimum Gasteiger partial charge on any atom is -0.396 e. The number of aliphatic hydroxyl groups excluding tert-OH is 1. The van der Waals surface area contributed by atoms with Crippen LogP contribution in [0.15, 0.2) is 41.3 Å². The Hall–Kier alpha value is -2.20. The van der Waals surface area contributed by atoms with Crippen molar-refractivity contribution < 1.29 is 19.1 Å². The zero-order chi connectivity index (χ0) is 19.4. The quantitative estimate of drug-likeness (QED) is 0.372. The van der Waals surface area contributed by atoms with Gasteiger partial charge in [-0.3, -0.25) is 9.63 Å². The van der Waals surface area contributed by atoms with Crippen LogP contribution in [0.25, 0.3) is 5.65 Å². The summed E-state index contributed by atoms with van der Waals surface area (Å²) in [7, 11) is 0. The van der Waals surface area contributed by atoms with E-state index in [1.54, 1.807) is 16.7 Å². The Morgan fingerprint density at radius 1 is 1.44 bits per heavy atom. The second-order valence-electron chi connectivity index (χ2n) is 5.50. The van der Waals surface area contributed by atoms with Crippen LogP contribution in [-0.2, 0) is 4.84 Å². The van der Waals surface area contributed by atoms with Crippen molar-refractivity contribution in [3.05, 3.63) is 57.7 Å². The summed E-state index contributed by atoms with van der Waals surface area (Å²) in [4.78, 5) is 21.7. The number of aliphatic hydroxyl groups is 1. The highest BCUT2D eigenvalue weighted by molar-refractivity contribution is 9.10. The number of nitrogens with one attached hydrogen (secondary N) is 2. The highest BCUT2D eigenvalue weighted by Crippen LogP contribution is 2.33. The molecule has 0 unspecified atom stereocenters. The number of imidazole rings is 1. The number of carbonyl (C=O) groups is 1. The Bertz CT molecular complexity index is 982. The molecule has 0 saturated heterocycles. The Balaban J connectivity index is 1.98. The standard InChI is InChI=1S/C17H15BrClFN4O3/c18-10-2-3-13(12(20)8-10)22-15-11(17(26)23-27-7-1-6-25)9-24-5-4-21-16(24)14(15)19/h2-5,8-9,22,25H,1,6-7H2,(H,23,26). The molecule has 0 radical (unpaired) electrons. The number of carbonyl (C=O) groups excluding carboxylic acids is 1. The summed E-state index contributed by atoms with van der Waals surface area (Å²) in [6.45, 7) is 0.0890. The van der Waals surface area contributed by atoms with E-state index in [0.29, 0.717) is 16.5 Å². The van der Waals surface area contributed by atoms with Gasteiger partial charge in [0.1, 0.15) is 10.8 Å². The van der Waals surface area contributed by atoms with Crippen molar-refractivity contribution in [3.63, 3.8) is 0 Å². The van der Waals surface area contributed by atoms with Crippen LogP contribution in [0.3, 0.4) is 0 Å². The lowest BCUT2D eigenvalue weighted by Crippen LogP contribution is -2.26. The summed E-state index contributed by atoms with van der Waals surface area (Å²) in [5.74, 6) is -1.10. The van der Waals surface area contributed by atoms with E-state index in [1.807, 2.05) is 0 Å². The second-order valence-corrected chi connectivity index (χ2v) is 6.79. The monoisotopic (exact) mass is 456 g/mol. The number of amides is 1.